The lowest BCUT2D eigenvalue weighted by atomic mass is 10.1. The highest BCUT2D eigenvalue weighted by Crippen LogP contribution is 2.17. The lowest BCUT2D eigenvalue weighted by molar-refractivity contribution is 0.0900. The zero-order chi connectivity index (χ0) is 23.1. The molecule has 2 aromatic heterocycles. The first-order chi connectivity index (χ1) is 15.4. The maximum Gasteiger partial charge on any atom is 0.257 e. The Hall–Kier alpha value is -3.45. The Labute approximate surface area is 188 Å². The van der Waals surface area contributed by atoms with Gasteiger partial charge in [-0.1, -0.05) is 23.8 Å². The molecule has 0 unspecified atom stereocenters. The number of methoxy groups -OCH3 is 1. The summed E-state index contributed by atoms with van der Waals surface area (Å²) in [5.41, 5.74) is 2.89. The van der Waals surface area contributed by atoms with Gasteiger partial charge in [-0.05, 0) is 45.0 Å². The maximum absolute atomic E-state index is 13.1. The molecular weight excluding hydrogens is 406 g/mol. The van der Waals surface area contributed by atoms with Gasteiger partial charge in [-0.25, -0.2) is 0 Å². The summed E-state index contributed by atoms with van der Waals surface area (Å²) in [7, 11) is 1.56. The first-order valence-corrected chi connectivity index (χ1v) is 10.5. The predicted octanol–water partition coefficient (Wildman–Crippen LogP) is 3.25. The summed E-state index contributed by atoms with van der Waals surface area (Å²) in [6.07, 6.45) is 1.72. The second-order valence-electron chi connectivity index (χ2n) is 7.81. The second-order valence-corrected chi connectivity index (χ2v) is 7.81. The molecule has 0 saturated carbocycles. The van der Waals surface area contributed by atoms with Gasteiger partial charge in [-0.15, -0.1) is 0 Å². The molecule has 0 aliphatic carbocycles. The molecule has 2 heterocycles. The van der Waals surface area contributed by atoms with Crippen LogP contribution >= 0.6 is 0 Å². The van der Waals surface area contributed by atoms with Crippen molar-refractivity contribution < 1.29 is 14.3 Å². The first-order valence-electron chi connectivity index (χ1n) is 10.5. The van der Waals surface area contributed by atoms with E-state index in [1.807, 2.05) is 67.8 Å². The minimum atomic E-state index is -0.447. The van der Waals surface area contributed by atoms with Gasteiger partial charge < -0.3 is 19.4 Å². The highest BCUT2D eigenvalue weighted by atomic mass is 16.5. The van der Waals surface area contributed by atoms with E-state index in [0.29, 0.717) is 24.6 Å². The summed E-state index contributed by atoms with van der Waals surface area (Å²) in [5, 5.41) is 2.85. The van der Waals surface area contributed by atoms with Crippen LogP contribution in [-0.4, -0.2) is 35.2 Å². The predicted molar refractivity (Wildman–Crippen MR) is 123 cm³/mol. The van der Waals surface area contributed by atoms with E-state index >= 15 is 0 Å². The molecule has 0 aliphatic rings. The van der Waals surface area contributed by atoms with Gasteiger partial charge in [0.05, 0.1) is 24.5 Å². The van der Waals surface area contributed by atoms with Crippen LogP contribution in [-0.2, 0) is 17.9 Å². The molecule has 0 saturated heterocycles. The monoisotopic (exact) mass is 435 g/mol. The summed E-state index contributed by atoms with van der Waals surface area (Å²) in [5.74, 6) is 0.213. The smallest absolute Gasteiger partial charge is 0.257 e. The van der Waals surface area contributed by atoms with Crippen molar-refractivity contribution in [2.75, 3.05) is 13.7 Å². The van der Waals surface area contributed by atoms with Crippen molar-refractivity contribution in [1.29, 1.82) is 0 Å². The van der Waals surface area contributed by atoms with Crippen LogP contribution in [0, 0.1) is 13.8 Å². The zero-order valence-corrected chi connectivity index (χ0v) is 18.9. The van der Waals surface area contributed by atoms with E-state index in [2.05, 4.69) is 10.3 Å². The number of nitrogens with one attached hydrogen (secondary N) is 1. The molecule has 0 radical (unpaired) electrons. The molecule has 168 valence electrons. The maximum atomic E-state index is 13.1. The molecule has 1 atom stereocenters. The molecule has 0 spiro atoms. The lowest BCUT2D eigenvalue weighted by Gasteiger charge is -2.21. The Kier molecular flexibility index (Phi) is 7.78. The van der Waals surface area contributed by atoms with Crippen LogP contribution in [0.2, 0.25) is 0 Å². The average molecular weight is 436 g/mol. The number of nitrogens with zero attached hydrogens (tertiary/aromatic N) is 2. The summed E-state index contributed by atoms with van der Waals surface area (Å²) < 4.78 is 13.0. The summed E-state index contributed by atoms with van der Waals surface area (Å²) in [4.78, 5) is 30.4. The Balaban J connectivity index is 2.03. The van der Waals surface area contributed by atoms with Gasteiger partial charge in [0.15, 0.2) is 5.43 Å². The average Bonchev–Trinajstić information content (AvgIpc) is 2.76. The van der Waals surface area contributed by atoms with Gasteiger partial charge in [0.2, 0.25) is 0 Å². The van der Waals surface area contributed by atoms with Crippen molar-refractivity contribution in [2.24, 2.45) is 0 Å². The fourth-order valence-corrected chi connectivity index (χ4v) is 3.47. The SMILES string of the molecule is COC[C@H](C)NC(=O)c1c(COc2ccc(C)cc2)n(Cc2ccccn2)c(C)cc1=O. The minimum absolute atomic E-state index is 0.0637. The lowest BCUT2D eigenvalue weighted by Crippen LogP contribution is -2.40. The van der Waals surface area contributed by atoms with Crippen molar-refractivity contribution in [3.63, 3.8) is 0 Å². The largest absolute Gasteiger partial charge is 0.487 e. The van der Waals surface area contributed by atoms with Gasteiger partial charge in [0, 0.05) is 31.1 Å². The topological polar surface area (TPSA) is 82.4 Å². The number of amides is 1. The van der Waals surface area contributed by atoms with Gasteiger partial charge in [0.1, 0.15) is 17.9 Å². The highest BCUT2D eigenvalue weighted by Gasteiger charge is 2.22. The van der Waals surface area contributed by atoms with Crippen molar-refractivity contribution in [3.8, 4) is 5.75 Å². The van der Waals surface area contributed by atoms with Crippen LogP contribution in [0.5, 0.6) is 5.75 Å². The van der Waals surface area contributed by atoms with Crippen LogP contribution in [0.15, 0.2) is 59.5 Å². The molecule has 7 heteroatoms. The molecule has 3 rings (SSSR count). The number of carbonyl (C=O) groups excluding carboxylic acids is 1. The normalized spacial score (nSPS) is 11.8. The Morgan fingerprint density at radius 3 is 2.56 bits per heavy atom. The standard InChI is InChI=1S/C25H29N3O4/c1-17-8-10-21(11-9-17)32-16-22-24(25(30)27-18(2)15-31-4)23(29)13-19(3)28(22)14-20-7-5-6-12-26-20/h5-13,18H,14-16H2,1-4H3,(H,27,30)/t18-/m0/s1. The number of pyridine rings is 2. The molecular formula is C25H29N3O4. The number of ether oxygens (including phenoxy) is 2. The molecule has 1 N–H and O–H groups in total. The van der Waals surface area contributed by atoms with E-state index in [1.165, 1.54) is 6.07 Å². The van der Waals surface area contributed by atoms with E-state index in [1.54, 1.807) is 13.3 Å². The molecule has 32 heavy (non-hydrogen) atoms. The number of hydrogen-bond donors (Lipinski definition) is 1. The van der Waals surface area contributed by atoms with Crippen molar-refractivity contribution in [3.05, 3.63) is 93.2 Å². The number of rotatable bonds is 9. The molecule has 1 amide bonds. The zero-order valence-electron chi connectivity index (χ0n) is 18.9. The van der Waals surface area contributed by atoms with Crippen molar-refractivity contribution in [2.45, 2.75) is 40.0 Å². The van der Waals surface area contributed by atoms with Crippen molar-refractivity contribution in [1.82, 2.24) is 14.9 Å². The fraction of sp³-hybridized carbons (Fsp3) is 0.320. The Morgan fingerprint density at radius 1 is 1.16 bits per heavy atom. The fourth-order valence-electron chi connectivity index (χ4n) is 3.47. The van der Waals surface area contributed by atoms with Crippen LogP contribution in [0.3, 0.4) is 0 Å². The molecule has 0 bridgehead atoms. The number of aryl methyl sites for hydroxylation is 2. The number of aromatic nitrogens is 2. The number of benzene rings is 1. The molecule has 0 aliphatic heterocycles. The van der Waals surface area contributed by atoms with Crippen LogP contribution in [0.1, 0.15) is 39.9 Å². The highest BCUT2D eigenvalue weighted by molar-refractivity contribution is 5.95. The van der Waals surface area contributed by atoms with E-state index in [9.17, 15) is 9.59 Å². The van der Waals surface area contributed by atoms with E-state index in [-0.39, 0.29) is 23.6 Å². The van der Waals surface area contributed by atoms with E-state index < -0.39 is 5.91 Å². The minimum Gasteiger partial charge on any atom is -0.487 e. The van der Waals surface area contributed by atoms with E-state index in [0.717, 1.165) is 17.0 Å². The Morgan fingerprint density at radius 2 is 1.91 bits per heavy atom. The third kappa shape index (κ3) is 5.82. The number of carbonyl (C=O) groups is 1. The third-order valence-electron chi connectivity index (χ3n) is 5.09. The van der Waals surface area contributed by atoms with Crippen molar-refractivity contribution >= 4 is 5.91 Å². The van der Waals surface area contributed by atoms with Crippen LogP contribution in [0.25, 0.3) is 0 Å². The third-order valence-corrected chi connectivity index (χ3v) is 5.09. The van der Waals surface area contributed by atoms with Gasteiger partial charge in [-0.3, -0.25) is 14.6 Å². The summed E-state index contributed by atoms with van der Waals surface area (Å²) in [6.45, 7) is 6.48. The Bertz CT molecular complexity index is 1110. The quantitative estimate of drug-likeness (QED) is 0.558. The van der Waals surface area contributed by atoms with Gasteiger partial charge in [0.25, 0.3) is 5.91 Å². The number of hydrogen-bond acceptors (Lipinski definition) is 5. The molecule has 1 aromatic carbocycles. The molecule has 3 aromatic rings. The first kappa shape index (κ1) is 23.2. The van der Waals surface area contributed by atoms with E-state index in [4.69, 9.17) is 9.47 Å². The summed E-state index contributed by atoms with van der Waals surface area (Å²) in [6, 6.07) is 14.5. The van der Waals surface area contributed by atoms with Gasteiger partial charge >= 0.3 is 0 Å². The van der Waals surface area contributed by atoms with Crippen LogP contribution in [0.4, 0.5) is 0 Å². The van der Waals surface area contributed by atoms with Gasteiger partial charge in [-0.2, -0.15) is 0 Å². The molecule has 7 nitrogen and oxygen atoms in total. The second kappa shape index (κ2) is 10.7. The molecule has 0 fully saturated rings. The summed E-state index contributed by atoms with van der Waals surface area (Å²) >= 11 is 0. The van der Waals surface area contributed by atoms with Crippen LogP contribution < -0.4 is 15.5 Å².